The molecule has 0 amide bonds. The zero-order valence-corrected chi connectivity index (χ0v) is 16.3. The third-order valence-electron chi connectivity index (χ3n) is 4.70. The average Bonchev–Trinajstić information content (AvgIpc) is 3.16. The normalized spacial score (nSPS) is 12.1. The van der Waals surface area contributed by atoms with E-state index in [4.69, 9.17) is 4.74 Å². The molecule has 0 fully saturated rings. The lowest BCUT2D eigenvalue weighted by molar-refractivity contribution is -0.143. The van der Waals surface area contributed by atoms with Gasteiger partial charge in [-0.3, -0.25) is 9.36 Å². The zero-order chi connectivity index (χ0) is 19.7. The van der Waals surface area contributed by atoms with Crippen molar-refractivity contribution in [2.75, 3.05) is 7.11 Å². The van der Waals surface area contributed by atoms with Gasteiger partial charge in [0.05, 0.1) is 12.5 Å². The quantitative estimate of drug-likeness (QED) is 0.490. The van der Waals surface area contributed by atoms with Gasteiger partial charge >= 0.3 is 5.97 Å². The molecule has 2 aromatic heterocycles. The first-order valence-corrected chi connectivity index (χ1v) is 9.66. The van der Waals surface area contributed by atoms with Crippen molar-refractivity contribution in [2.24, 2.45) is 0 Å². The van der Waals surface area contributed by atoms with E-state index in [0.29, 0.717) is 15.8 Å². The van der Waals surface area contributed by atoms with Gasteiger partial charge in [-0.15, -0.1) is 11.3 Å². The van der Waals surface area contributed by atoms with Crippen LogP contribution in [0, 0.1) is 6.92 Å². The van der Waals surface area contributed by atoms with Crippen molar-refractivity contribution in [1.82, 2.24) is 9.55 Å². The Balaban J connectivity index is 1.94. The third-order valence-corrected chi connectivity index (χ3v) is 5.59. The molecule has 0 aliphatic heterocycles. The van der Waals surface area contributed by atoms with Crippen LogP contribution in [0.2, 0.25) is 0 Å². The highest BCUT2D eigenvalue weighted by molar-refractivity contribution is 7.17. The van der Waals surface area contributed by atoms with Crippen molar-refractivity contribution in [1.29, 1.82) is 0 Å². The second-order valence-corrected chi connectivity index (χ2v) is 7.35. The van der Waals surface area contributed by atoms with Gasteiger partial charge in [-0.25, -0.2) is 9.78 Å². The Labute approximate surface area is 165 Å². The van der Waals surface area contributed by atoms with E-state index in [-0.39, 0.29) is 5.56 Å². The summed E-state index contributed by atoms with van der Waals surface area (Å²) in [5.74, 6) is -0.512. The number of thiophene rings is 1. The van der Waals surface area contributed by atoms with E-state index in [0.717, 1.165) is 16.7 Å². The minimum Gasteiger partial charge on any atom is -0.467 e. The lowest BCUT2D eigenvalue weighted by Gasteiger charge is -2.17. The first-order valence-electron chi connectivity index (χ1n) is 8.78. The summed E-state index contributed by atoms with van der Waals surface area (Å²) in [5, 5.41) is 2.45. The molecule has 1 unspecified atom stereocenters. The lowest BCUT2D eigenvalue weighted by atomic mass is 10.0. The Kier molecular flexibility index (Phi) is 4.79. The first-order chi connectivity index (χ1) is 13.6. The predicted octanol–water partition coefficient (Wildman–Crippen LogP) is 4.20. The van der Waals surface area contributed by atoms with Gasteiger partial charge in [-0.1, -0.05) is 60.2 Å². The van der Waals surface area contributed by atoms with Crippen LogP contribution in [-0.4, -0.2) is 22.6 Å². The second-order valence-electron chi connectivity index (χ2n) is 6.49. The topological polar surface area (TPSA) is 61.2 Å². The maximum absolute atomic E-state index is 13.4. The van der Waals surface area contributed by atoms with Gasteiger partial charge < -0.3 is 4.74 Å². The molecule has 0 spiro atoms. The number of fused-ring (bicyclic) bond motifs is 1. The van der Waals surface area contributed by atoms with Gasteiger partial charge in [-0.05, 0) is 18.1 Å². The van der Waals surface area contributed by atoms with E-state index in [2.05, 4.69) is 4.98 Å². The highest BCUT2D eigenvalue weighted by Gasteiger charge is 2.26. The van der Waals surface area contributed by atoms with Crippen LogP contribution in [0.15, 0.2) is 71.1 Å². The molecule has 0 aliphatic rings. The fourth-order valence-corrected chi connectivity index (χ4v) is 4.14. The number of carbonyl (C=O) groups excluding carboxylic acids is 1. The maximum atomic E-state index is 13.4. The van der Waals surface area contributed by atoms with Gasteiger partial charge in [0.1, 0.15) is 11.2 Å². The molecule has 28 heavy (non-hydrogen) atoms. The van der Waals surface area contributed by atoms with Gasteiger partial charge in [-0.2, -0.15) is 0 Å². The number of nitrogens with zero attached hydrogens (tertiary/aromatic N) is 2. The Hall–Kier alpha value is -3.25. The Morgan fingerprint density at radius 1 is 1.11 bits per heavy atom. The molecule has 140 valence electrons. The van der Waals surface area contributed by atoms with Crippen molar-refractivity contribution in [3.8, 4) is 11.1 Å². The largest absolute Gasteiger partial charge is 0.467 e. The minimum atomic E-state index is -0.888. The Morgan fingerprint density at radius 2 is 1.82 bits per heavy atom. The van der Waals surface area contributed by atoms with Crippen LogP contribution in [0.1, 0.15) is 17.2 Å². The summed E-state index contributed by atoms with van der Waals surface area (Å²) in [7, 11) is 1.32. The minimum absolute atomic E-state index is 0.263. The van der Waals surface area contributed by atoms with Gasteiger partial charge in [0.25, 0.3) is 5.56 Å². The van der Waals surface area contributed by atoms with Crippen LogP contribution in [0.3, 0.4) is 0 Å². The molecule has 0 saturated heterocycles. The molecular formula is C22H18N2O3S. The summed E-state index contributed by atoms with van der Waals surface area (Å²) in [5.41, 5.74) is 3.32. The van der Waals surface area contributed by atoms with Crippen LogP contribution in [0.25, 0.3) is 21.3 Å². The predicted molar refractivity (Wildman–Crippen MR) is 111 cm³/mol. The van der Waals surface area contributed by atoms with E-state index >= 15 is 0 Å². The fourth-order valence-electron chi connectivity index (χ4n) is 3.23. The maximum Gasteiger partial charge on any atom is 0.333 e. The number of carbonyl (C=O) groups is 1. The van der Waals surface area contributed by atoms with E-state index < -0.39 is 12.0 Å². The molecule has 5 nitrogen and oxygen atoms in total. The van der Waals surface area contributed by atoms with E-state index in [1.165, 1.54) is 29.3 Å². The van der Waals surface area contributed by atoms with Crippen LogP contribution in [0.4, 0.5) is 0 Å². The zero-order valence-electron chi connectivity index (χ0n) is 15.5. The van der Waals surface area contributed by atoms with Crippen molar-refractivity contribution in [3.63, 3.8) is 0 Å². The van der Waals surface area contributed by atoms with Gasteiger partial charge in [0.2, 0.25) is 0 Å². The molecule has 0 radical (unpaired) electrons. The molecule has 2 heterocycles. The van der Waals surface area contributed by atoms with Crippen LogP contribution in [0.5, 0.6) is 0 Å². The number of esters is 1. The lowest BCUT2D eigenvalue weighted by Crippen LogP contribution is -2.31. The monoisotopic (exact) mass is 390 g/mol. The number of ether oxygens (including phenoxy) is 1. The smallest absolute Gasteiger partial charge is 0.333 e. The molecular weight excluding hydrogens is 372 g/mol. The van der Waals surface area contributed by atoms with Crippen molar-refractivity contribution < 1.29 is 9.53 Å². The summed E-state index contributed by atoms with van der Waals surface area (Å²) in [4.78, 5) is 31.0. The number of aromatic nitrogens is 2. The summed E-state index contributed by atoms with van der Waals surface area (Å²) >= 11 is 1.42. The molecule has 4 aromatic rings. The first kappa shape index (κ1) is 18.1. The number of hydrogen-bond donors (Lipinski definition) is 0. The van der Waals surface area contributed by atoms with E-state index in [9.17, 15) is 9.59 Å². The molecule has 0 aliphatic carbocycles. The van der Waals surface area contributed by atoms with E-state index in [1.807, 2.05) is 54.8 Å². The van der Waals surface area contributed by atoms with Crippen LogP contribution >= 0.6 is 11.3 Å². The van der Waals surface area contributed by atoms with Crippen LogP contribution < -0.4 is 5.56 Å². The third kappa shape index (κ3) is 3.12. The number of hydrogen-bond acceptors (Lipinski definition) is 5. The Morgan fingerprint density at radius 3 is 2.50 bits per heavy atom. The molecule has 0 saturated carbocycles. The van der Waals surface area contributed by atoms with Crippen molar-refractivity contribution >= 4 is 27.5 Å². The van der Waals surface area contributed by atoms with Crippen LogP contribution in [-0.2, 0) is 9.53 Å². The number of methoxy groups -OCH3 is 1. The number of aryl methyl sites for hydroxylation is 1. The number of benzene rings is 2. The van der Waals surface area contributed by atoms with E-state index in [1.54, 1.807) is 12.1 Å². The number of rotatable bonds is 4. The molecule has 1 atom stereocenters. The standard InChI is InChI=1S/C22H18N2O3S/c1-14-8-10-15(11-9-14)17-12-28-20-18(17)21(25)24(13-23-20)19(22(26)27-2)16-6-4-3-5-7-16/h3-13,19H,1-2H3. The summed E-state index contributed by atoms with van der Waals surface area (Å²) in [6.07, 6.45) is 1.43. The highest BCUT2D eigenvalue weighted by Crippen LogP contribution is 2.31. The molecule has 0 N–H and O–H groups in total. The van der Waals surface area contributed by atoms with Crippen molar-refractivity contribution in [3.05, 3.63) is 87.8 Å². The average molecular weight is 390 g/mol. The molecule has 4 rings (SSSR count). The molecule has 0 bridgehead atoms. The second kappa shape index (κ2) is 7.40. The van der Waals surface area contributed by atoms with Crippen molar-refractivity contribution in [2.45, 2.75) is 13.0 Å². The summed E-state index contributed by atoms with van der Waals surface area (Å²) in [6.45, 7) is 2.02. The van der Waals surface area contributed by atoms with Gasteiger partial charge in [0.15, 0.2) is 6.04 Å². The summed E-state index contributed by atoms with van der Waals surface area (Å²) < 4.78 is 6.33. The molecule has 6 heteroatoms. The van der Waals surface area contributed by atoms with Gasteiger partial charge in [0, 0.05) is 10.9 Å². The fraction of sp³-hybridized carbons (Fsp3) is 0.136. The molecule has 2 aromatic carbocycles. The Bertz CT molecular complexity index is 1190. The highest BCUT2D eigenvalue weighted by atomic mass is 32.1. The SMILES string of the molecule is COC(=O)C(c1ccccc1)n1cnc2scc(-c3ccc(C)cc3)c2c1=O. The summed E-state index contributed by atoms with van der Waals surface area (Å²) in [6, 6.07) is 16.2.